The molecule has 4 aliphatic rings. The Morgan fingerprint density at radius 3 is 2.07 bits per heavy atom. The first-order valence-corrected chi connectivity index (χ1v) is 11.4. The smallest absolute Gasteiger partial charge is 0.251 e. The second-order valence-corrected chi connectivity index (χ2v) is 9.58. The van der Waals surface area contributed by atoms with E-state index in [1.54, 1.807) is 0 Å². The van der Waals surface area contributed by atoms with Crippen molar-refractivity contribution in [3.63, 3.8) is 0 Å². The van der Waals surface area contributed by atoms with E-state index in [1.165, 1.54) is 19.3 Å². The zero-order valence-corrected chi connectivity index (χ0v) is 18.9. The first kappa shape index (κ1) is 23.1. The van der Waals surface area contributed by atoms with Crippen molar-refractivity contribution in [1.29, 1.82) is 0 Å². The monoisotopic (exact) mass is 433 g/mol. The van der Waals surface area contributed by atoms with Gasteiger partial charge < -0.3 is 16.0 Å². The van der Waals surface area contributed by atoms with Crippen LogP contribution in [0.3, 0.4) is 0 Å². The van der Waals surface area contributed by atoms with Crippen LogP contribution in [0.4, 0.5) is 0 Å². The van der Waals surface area contributed by atoms with Crippen LogP contribution in [0.5, 0.6) is 0 Å². The van der Waals surface area contributed by atoms with E-state index in [-0.39, 0.29) is 29.6 Å². The molecule has 4 fully saturated rings. The summed E-state index contributed by atoms with van der Waals surface area (Å²) < 4.78 is 0. The summed E-state index contributed by atoms with van der Waals surface area (Å²) in [5, 5.41) is 9.41. The molecular formula is C24H36ClN3O2. The van der Waals surface area contributed by atoms with Gasteiger partial charge in [0.1, 0.15) is 0 Å². The fourth-order valence-electron chi connectivity index (χ4n) is 6.20. The summed E-state index contributed by atoms with van der Waals surface area (Å²) in [5.74, 6) is 2.55. The van der Waals surface area contributed by atoms with Crippen molar-refractivity contribution in [1.82, 2.24) is 16.0 Å². The van der Waals surface area contributed by atoms with E-state index in [9.17, 15) is 9.59 Å². The number of benzene rings is 1. The number of halogens is 1. The van der Waals surface area contributed by atoms with Crippen molar-refractivity contribution in [2.75, 3.05) is 19.6 Å². The molecule has 0 radical (unpaired) electrons. The Morgan fingerprint density at radius 1 is 0.900 bits per heavy atom. The van der Waals surface area contributed by atoms with E-state index < -0.39 is 0 Å². The van der Waals surface area contributed by atoms with Crippen LogP contribution in [-0.2, 0) is 11.3 Å². The molecule has 0 unspecified atom stereocenters. The fourth-order valence-corrected chi connectivity index (χ4v) is 6.20. The molecule has 3 N–H and O–H groups in total. The van der Waals surface area contributed by atoms with Crippen LogP contribution in [-0.4, -0.2) is 31.4 Å². The molecule has 5 rings (SSSR count). The summed E-state index contributed by atoms with van der Waals surface area (Å²) in [5.41, 5.74) is 1.61. The second-order valence-electron chi connectivity index (χ2n) is 9.58. The summed E-state index contributed by atoms with van der Waals surface area (Å²) in [4.78, 5) is 25.3. The molecule has 4 aliphatic carbocycles. The molecule has 0 aromatic heterocycles. The Labute approximate surface area is 186 Å². The molecule has 0 saturated heterocycles. The summed E-state index contributed by atoms with van der Waals surface area (Å²) in [6.07, 6.45) is 8.43. The van der Waals surface area contributed by atoms with Crippen LogP contribution in [0.15, 0.2) is 24.3 Å². The molecule has 0 spiro atoms. The molecular weight excluding hydrogens is 398 g/mol. The minimum absolute atomic E-state index is 0. The van der Waals surface area contributed by atoms with Gasteiger partial charge in [0.05, 0.1) is 0 Å². The molecule has 0 atom stereocenters. The van der Waals surface area contributed by atoms with Crippen LogP contribution in [0.2, 0.25) is 0 Å². The number of carbonyl (C=O) groups is 2. The van der Waals surface area contributed by atoms with Gasteiger partial charge in [-0.05, 0) is 86.9 Å². The number of rotatable bonds is 9. The van der Waals surface area contributed by atoms with E-state index >= 15 is 0 Å². The highest BCUT2D eigenvalue weighted by molar-refractivity contribution is 5.94. The molecule has 4 bridgehead atoms. The van der Waals surface area contributed by atoms with Crippen molar-refractivity contribution < 1.29 is 9.59 Å². The van der Waals surface area contributed by atoms with Gasteiger partial charge >= 0.3 is 0 Å². The normalized spacial score (nSPS) is 28.6. The maximum Gasteiger partial charge on any atom is 0.251 e. The minimum atomic E-state index is -0.0968. The molecule has 6 heteroatoms. The first-order valence-electron chi connectivity index (χ1n) is 11.4. The predicted octanol–water partition coefficient (Wildman–Crippen LogP) is 3.67. The van der Waals surface area contributed by atoms with Crippen molar-refractivity contribution in [3.8, 4) is 0 Å². The number of amides is 2. The third-order valence-electron chi connectivity index (χ3n) is 7.20. The summed E-state index contributed by atoms with van der Waals surface area (Å²) >= 11 is 0. The molecule has 166 valence electrons. The molecule has 0 aliphatic heterocycles. The third-order valence-corrected chi connectivity index (χ3v) is 7.20. The van der Waals surface area contributed by atoms with E-state index in [0.717, 1.165) is 62.1 Å². The Bertz CT molecular complexity index is 699. The van der Waals surface area contributed by atoms with Gasteiger partial charge in [-0.25, -0.2) is 0 Å². The van der Waals surface area contributed by atoms with Gasteiger partial charge in [0.25, 0.3) is 5.91 Å². The molecule has 1 aromatic carbocycles. The zero-order chi connectivity index (χ0) is 20.3. The first-order chi connectivity index (χ1) is 14.1. The molecule has 0 heterocycles. The molecule has 2 amide bonds. The van der Waals surface area contributed by atoms with Gasteiger partial charge in [-0.3, -0.25) is 9.59 Å². The minimum Gasteiger partial charge on any atom is -0.352 e. The van der Waals surface area contributed by atoms with Crippen molar-refractivity contribution in [2.24, 2.45) is 23.2 Å². The molecule has 1 aromatic rings. The highest BCUT2D eigenvalue weighted by Gasteiger charge is 2.54. The molecule has 30 heavy (non-hydrogen) atoms. The van der Waals surface area contributed by atoms with Crippen LogP contribution in [0.1, 0.15) is 67.8 Å². The topological polar surface area (TPSA) is 70.2 Å². The summed E-state index contributed by atoms with van der Waals surface area (Å²) in [6, 6.07) is 7.59. The van der Waals surface area contributed by atoms with Gasteiger partial charge in [0.2, 0.25) is 5.91 Å². The molecule has 5 nitrogen and oxygen atoms in total. The van der Waals surface area contributed by atoms with Crippen LogP contribution in [0, 0.1) is 23.2 Å². The maximum atomic E-state index is 13.1. The second kappa shape index (κ2) is 10.1. The van der Waals surface area contributed by atoms with E-state index in [1.807, 2.05) is 24.3 Å². The van der Waals surface area contributed by atoms with Crippen molar-refractivity contribution >= 4 is 24.2 Å². The quantitative estimate of drug-likeness (QED) is 0.520. The SMILES string of the molecule is CCCNCCNC(=O)c1ccc(CNC(=O)C23CC4CC(CC(C4)C2)C3)cc1.Cl. The number of carbonyl (C=O) groups excluding carboxylic acids is 2. The predicted molar refractivity (Wildman–Crippen MR) is 122 cm³/mol. The average Bonchev–Trinajstić information content (AvgIpc) is 2.71. The highest BCUT2D eigenvalue weighted by atomic mass is 35.5. The number of hydrogen-bond acceptors (Lipinski definition) is 3. The van der Waals surface area contributed by atoms with Gasteiger partial charge in [0.15, 0.2) is 0 Å². The third kappa shape index (κ3) is 5.17. The molecule has 4 saturated carbocycles. The highest BCUT2D eigenvalue weighted by Crippen LogP contribution is 2.60. The van der Waals surface area contributed by atoms with Crippen LogP contribution in [0.25, 0.3) is 0 Å². The summed E-state index contributed by atoms with van der Waals surface area (Å²) in [6.45, 7) is 5.05. The van der Waals surface area contributed by atoms with Gasteiger partial charge in [-0.1, -0.05) is 19.1 Å². The van der Waals surface area contributed by atoms with Crippen LogP contribution >= 0.6 is 12.4 Å². The van der Waals surface area contributed by atoms with Gasteiger partial charge in [-0.15, -0.1) is 12.4 Å². The maximum absolute atomic E-state index is 13.1. The van der Waals surface area contributed by atoms with E-state index in [4.69, 9.17) is 0 Å². The van der Waals surface area contributed by atoms with Crippen molar-refractivity contribution in [2.45, 2.75) is 58.4 Å². The lowest BCUT2D eigenvalue weighted by atomic mass is 9.49. The average molecular weight is 434 g/mol. The van der Waals surface area contributed by atoms with E-state index in [2.05, 4.69) is 22.9 Å². The lowest BCUT2D eigenvalue weighted by Gasteiger charge is -2.55. The van der Waals surface area contributed by atoms with E-state index in [0.29, 0.717) is 18.7 Å². The van der Waals surface area contributed by atoms with Gasteiger partial charge in [0, 0.05) is 30.6 Å². The van der Waals surface area contributed by atoms with Crippen LogP contribution < -0.4 is 16.0 Å². The number of hydrogen-bond donors (Lipinski definition) is 3. The Hall–Kier alpha value is -1.59. The largest absolute Gasteiger partial charge is 0.352 e. The Morgan fingerprint density at radius 2 is 1.50 bits per heavy atom. The van der Waals surface area contributed by atoms with Gasteiger partial charge in [-0.2, -0.15) is 0 Å². The van der Waals surface area contributed by atoms with Crippen molar-refractivity contribution in [3.05, 3.63) is 35.4 Å². The standard InChI is InChI=1S/C24H35N3O2.ClH/c1-2-7-25-8-9-26-22(28)21-5-3-17(4-6-21)16-27-23(29)24-13-18-10-19(14-24)12-20(11-18)15-24;/h3-6,18-20,25H,2,7-16H2,1H3,(H,26,28)(H,27,29);1H. The number of nitrogens with one attached hydrogen (secondary N) is 3. The fraction of sp³-hybridized carbons (Fsp3) is 0.667. The Kier molecular flexibility index (Phi) is 7.81. The lowest BCUT2D eigenvalue weighted by molar-refractivity contribution is -0.146. The summed E-state index contributed by atoms with van der Waals surface area (Å²) in [7, 11) is 0. The zero-order valence-electron chi connectivity index (χ0n) is 18.0. The Balaban J connectivity index is 0.00000256. The lowest BCUT2D eigenvalue weighted by Crippen LogP contribution is -2.53.